The summed E-state index contributed by atoms with van der Waals surface area (Å²) in [6.07, 6.45) is 0. The number of nitro groups is 1. The van der Waals surface area contributed by atoms with Gasteiger partial charge in [0.1, 0.15) is 0 Å². The Balaban J connectivity index is 2.48. The zero-order chi connectivity index (χ0) is 16.5. The van der Waals surface area contributed by atoms with Gasteiger partial charge in [-0.1, -0.05) is 18.2 Å². The van der Waals surface area contributed by atoms with Crippen LogP contribution in [0.2, 0.25) is 0 Å². The summed E-state index contributed by atoms with van der Waals surface area (Å²) in [7, 11) is -2.29. The number of benzene rings is 2. The molecule has 0 aliphatic heterocycles. The summed E-state index contributed by atoms with van der Waals surface area (Å²) in [5.41, 5.74) is 2.15. The lowest BCUT2D eigenvalue weighted by Gasteiger charge is -2.23. The van der Waals surface area contributed by atoms with Crippen LogP contribution in [0, 0.1) is 24.0 Å². The van der Waals surface area contributed by atoms with E-state index in [2.05, 4.69) is 0 Å². The van der Waals surface area contributed by atoms with E-state index in [1.54, 1.807) is 0 Å². The second-order valence-corrected chi connectivity index (χ2v) is 6.93. The Hall–Kier alpha value is -2.41. The summed E-state index contributed by atoms with van der Waals surface area (Å²) < 4.78 is 26.6. The quantitative estimate of drug-likeness (QED) is 0.640. The molecule has 116 valence electrons. The molecule has 0 heterocycles. The van der Waals surface area contributed by atoms with Crippen molar-refractivity contribution in [3.05, 3.63) is 63.7 Å². The summed E-state index contributed by atoms with van der Waals surface area (Å²) in [6, 6.07) is 10.4. The third-order valence-corrected chi connectivity index (χ3v) is 5.23. The third-order valence-electron chi connectivity index (χ3n) is 3.46. The van der Waals surface area contributed by atoms with Crippen molar-refractivity contribution < 1.29 is 13.3 Å². The fraction of sp³-hybridized carbons (Fsp3) is 0.200. The highest BCUT2D eigenvalue weighted by Gasteiger charge is 2.24. The Bertz CT molecular complexity index is 794. The minimum absolute atomic E-state index is 0.0169. The normalized spacial score (nSPS) is 11.2. The van der Waals surface area contributed by atoms with Gasteiger partial charge in [0.2, 0.25) is 0 Å². The van der Waals surface area contributed by atoms with E-state index < -0.39 is 14.9 Å². The number of para-hydroxylation sites is 1. The molecular formula is C15H16N2O4S. The van der Waals surface area contributed by atoms with E-state index in [1.807, 2.05) is 32.0 Å². The molecule has 0 aromatic heterocycles. The molecule has 0 N–H and O–H groups in total. The molecule has 0 saturated heterocycles. The molecule has 0 radical (unpaired) electrons. The summed E-state index contributed by atoms with van der Waals surface area (Å²) in [4.78, 5) is 10.1. The van der Waals surface area contributed by atoms with Gasteiger partial charge in [-0.2, -0.15) is 0 Å². The van der Waals surface area contributed by atoms with E-state index in [1.165, 1.54) is 35.6 Å². The van der Waals surface area contributed by atoms with Gasteiger partial charge in [0.05, 0.1) is 15.5 Å². The minimum atomic E-state index is -3.77. The predicted octanol–water partition coefficient (Wildman–Crippen LogP) is 3.04. The minimum Gasteiger partial charge on any atom is -0.269 e. The van der Waals surface area contributed by atoms with Crippen LogP contribution < -0.4 is 4.31 Å². The van der Waals surface area contributed by atoms with Gasteiger partial charge in [0.15, 0.2) is 0 Å². The van der Waals surface area contributed by atoms with Crippen LogP contribution in [0.1, 0.15) is 11.1 Å². The van der Waals surface area contributed by atoms with Crippen molar-refractivity contribution in [2.75, 3.05) is 11.4 Å². The van der Waals surface area contributed by atoms with E-state index in [0.29, 0.717) is 5.69 Å². The van der Waals surface area contributed by atoms with Crippen molar-refractivity contribution in [1.29, 1.82) is 0 Å². The molecule has 0 aliphatic rings. The summed E-state index contributed by atoms with van der Waals surface area (Å²) >= 11 is 0. The standard InChI is InChI=1S/C15H16N2O4S/c1-11-5-4-6-12(2)15(11)16(3)22(20,21)14-9-7-13(8-10-14)17(18)19/h4-10H,1-3H3. The molecule has 2 rings (SSSR count). The highest BCUT2D eigenvalue weighted by Crippen LogP contribution is 2.29. The van der Waals surface area contributed by atoms with Crippen molar-refractivity contribution >= 4 is 21.4 Å². The maximum Gasteiger partial charge on any atom is 0.269 e. The van der Waals surface area contributed by atoms with Crippen molar-refractivity contribution in [3.63, 3.8) is 0 Å². The van der Waals surface area contributed by atoms with Gasteiger partial charge in [-0.3, -0.25) is 14.4 Å². The molecule has 7 heteroatoms. The molecule has 0 fully saturated rings. The maximum absolute atomic E-state index is 12.7. The first-order chi connectivity index (χ1) is 10.2. The molecule has 0 bridgehead atoms. The molecule has 22 heavy (non-hydrogen) atoms. The molecule has 0 amide bonds. The molecule has 2 aromatic rings. The number of non-ortho nitro benzene ring substituents is 1. The lowest BCUT2D eigenvalue weighted by atomic mass is 10.1. The number of hydrogen-bond donors (Lipinski definition) is 0. The zero-order valence-electron chi connectivity index (χ0n) is 12.5. The number of aryl methyl sites for hydroxylation is 2. The first-order valence-corrected chi connectivity index (χ1v) is 7.99. The lowest BCUT2D eigenvalue weighted by molar-refractivity contribution is -0.384. The SMILES string of the molecule is Cc1cccc(C)c1N(C)S(=O)(=O)c1ccc([N+](=O)[O-])cc1. The van der Waals surface area contributed by atoms with Crippen molar-refractivity contribution in [2.24, 2.45) is 0 Å². The molecule has 6 nitrogen and oxygen atoms in total. The van der Waals surface area contributed by atoms with Gasteiger partial charge in [0.25, 0.3) is 15.7 Å². The smallest absolute Gasteiger partial charge is 0.269 e. The molecule has 2 aromatic carbocycles. The Labute approximate surface area is 129 Å². The van der Waals surface area contributed by atoms with Crippen LogP contribution in [0.4, 0.5) is 11.4 Å². The monoisotopic (exact) mass is 320 g/mol. The average molecular weight is 320 g/mol. The highest BCUT2D eigenvalue weighted by atomic mass is 32.2. The van der Waals surface area contributed by atoms with Crippen molar-refractivity contribution in [2.45, 2.75) is 18.7 Å². The van der Waals surface area contributed by atoms with Crippen molar-refractivity contribution in [3.8, 4) is 0 Å². The van der Waals surface area contributed by atoms with Gasteiger partial charge in [-0.15, -0.1) is 0 Å². The van der Waals surface area contributed by atoms with E-state index in [-0.39, 0.29) is 10.6 Å². The van der Waals surface area contributed by atoms with Crippen LogP contribution in [0.15, 0.2) is 47.4 Å². The van der Waals surface area contributed by atoms with E-state index in [0.717, 1.165) is 11.1 Å². The number of nitrogens with zero attached hydrogens (tertiary/aromatic N) is 2. The lowest BCUT2D eigenvalue weighted by Crippen LogP contribution is -2.27. The number of nitro benzene ring substituents is 1. The van der Waals surface area contributed by atoms with Gasteiger partial charge in [-0.25, -0.2) is 8.42 Å². The van der Waals surface area contributed by atoms with Crippen LogP contribution in [0.3, 0.4) is 0 Å². The number of rotatable bonds is 4. The number of hydrogen-bond acceptors (Lipinski definition) is 4. The molecule has 0 atom stereocenters. The number of sulfonamides is 1. The number of anilines is 1. The second-order valence-electron chi connectivity index (χ2n) is 4.96. The fourth-order valence-corrected chi connectivity index (χ4v) is 3.65. The first kappa shape index (κ1) is 16.0. The molecular weight excluding hydrogens is 304 g/mol. The van der Waals surface area contributed by atoms with Gasteiger partial charge in [0, 0.05) is 19.2 Å². The second kappa shape index (κ2) is 5.76. The average Bonchev–Trinajstić information content (AvgIpc) is 2.47. The molecule has 0 spiro atoms. The zero-order valence-corrected chi connectivity index (χ0v) is 13.3. The Kier molecular flexibility index (Phi) is 4.18. The fourth-order valence-electron chi connectivity index (χ4n) is 2.32. The molecule has 0 unspecified atom stereocenters. The van der Waals surface area contributed by atoms with Crippen LogP contribution >= 0.6 is 0 Å². The Morgan fingerprint density at radius 2 is 1.50 bits per heavy atom. The van der Waals surface area contributed by atoms with Gasteiger partial charge < -0.3 is 0 Å². The van der Waals surface area contributed by atoms with Crippen LogP contribution in [-0.2, 0) is 10.0 Å². The molecule has 0 aliphatic carbocycles. The van der Waals surface area contributed by atoms with Crippen molar-refractivity contribution in [1.82, 2.24) is 0 Å². The predicted molar refractivity (Wildman–Crippen MR) is 84.6 cm³/mol. The van der Waals surface area contributed by atoms with E-state index in [9.17, 15) is 18.5 Å². The maximum atomic E-state index is 12.7. The summed E-state index contributed by atoms with van der Waals surface area (Å²) in [5.74, 6) is 0. The van der Waals surface area contributed by atoms with Gasteiger partial charge >= 0.3 is 0 Å². The topological polar surface area (TPSA) is 80.5 Å². The Morgan fingerprint density at radius 1 is 1.00 bits per heavy atom. The van der Waals surface area contributed by atoms with E-state index >= 15 is 0 Å². The summed E-state index contributed by atoms with van der Waals surface area (Å²) in [6.45, 7) is 3.67. The van der Waals surface area contributed by atoms with Crippen LogP contribution in [0.25, 0.3) is 0 Å². The third kappa shape index (κ3) is 2.80. The first-order valence-electron chi connectivity index (χ1n) is 6.54. The highest BCUT2D eigenvalue weighted by molar-refractivity contribution is 7.92. The van der Waals surface area contributed by atoms with Crippen LogP contribution in [-0.4, -0.2) is 20.4 Å². The Morgan fingerprint density at radius 3 is 1.95 bits per heavy atom. The summed E-state index contributed by atoms with van der Waals surface area (Å²) in [5, 5.41) is 10.7. The van der Waals surface area contributed by atoms with Crippen LogP contribution in [0.5, 0.6) is 0 Å². The molecule has 0 saturated carbocycles. The van der Waals surface area contributed by atoms with Gasteiger partial charge in [-0.05, 0) is 37.1 Å². The van der Waals surface area contributed by atoms with E-state index in [4.69, 9.17) is 0 Å². The largest absolute Gasteiger partial charge is 0.269 e.